The molecule has 34 heavy (non-hydrogen) atoms. The first-order chi connectivity index (χ1) is 16.7. The van der Waals surface area contributed by atoms with Gasteiger partial charge in [0.25, 0.3) is 0 Å². The Labute approximate surface area is 201 Å². The molecule has 8 nitrogen and oxygen atoms in total. The van der Waals surface area contributed by atoms with Gasteiger partial charge < -0.3 is 19.4 Å². The standard InChI is InChI=1S/C25H29N5O3S/c31-34-15-9-18-3-4-23(27-25(24(18)34)26-19-7-13-32-14-8-19)30-10-5-17(6-11-30)20-16-21(29-28-20)22-2-1-12-33-22/h1-2,4,12,16-17,19,26H,5-11,13-15H2,(H,28,29). The summed E-state index contributed by atoms with van der Waals surface area (Å²) in [4.78, 5) is 8.19. The number of aromatic nitrogens is 2. The Hall–Kier alpha value is -2.87. The van der Waals surface area contributed by atoms with Crippen LogP contribution in [-0.4, -0.2) is 63.2 Å². The van der Waals surface area contributed by atoms with Gasteiger partial charge in [-0.3, -0.25) is 9.31 Å². The SMILES string of the molecule is O=S1CCC2=C=CC(N3CCC(c4cc(-c5ccco5)n[nH]4)CC3)=NC(NC3CCOCC3)=C21. The lowest BCUT2D eigenvalue weighted by atomic mass is 9.93. The number of allylic oxidation sites excluding steroid dienone is 1. The third kappa shape index (κ3) is 4.31. The van der Waals surface area contributed by atoms with E-state index in [2.05, 4.69) is 32.2 Å². The summed E-state index contributed by atoms with van der Waals surface area (Å²) in [6.07, 6.45) is 8.35. The summed E-state index contributed by atoms with van der Waals surface area (Å²) >= 11 is 0. The van der Waals surface area contributed by atoms with Gasteiger partial charge in [0.1, 0.15) is 17.4 Å². The van der Waals surface area contributed by atoms with Crippen LogP contribution >= 0.6 is 0 Å². The molecule has 0 aliphatic carbocycles. The summed E-state index contributed by atoms with van der Waals surface area (Å²) in [5, 5.41) is 11.3. The molecule has 2 aromatic heterocycles. The van der Waals surface area contributed by atoms with Crippen molar-refractivity contribution in [1.82, 2.24) is 20.4 Å². The number of amidine groups is 1. The summed E-state index contributed by atoms with van der Waals surface area (Å²) in [6.45, 7) is 3.30. The maximum absolute atomic E-state index is 12.8. The van der Waals surface area contributed by atoms with Crippen LogP contribution in [0.2, 0.25) is 0 Å². The van der Waals surface area contributed by atoms with E-state index in [4.69, 9.17) is 14.1 Å². The van der Waals surface area contributed by atoms with Gasteiger partial charge in [-0.25, -0.2) is 4.99 Å². The first-order valence-electron chi connectivity index (χ1n) is 12.1. The molecule has 2 N–H and O–H groups in total. The highest BCUT2D eigenvalue weighted by Gasteiger charge is 2.30. The van der Waals surface area contributed by atoms with Gasteiger partial charge in [-0.2, -0.15) is 5.10 Å². The summed E-state index contributed by atoms with van der Waals surface area (Å²) in [7, 11) is -1.02. The molecule has 3 fully saturated rings. The van der Waals surface area contributed by atoms with Gasteiger partial charge >= 0.3 is 0 Å². The summed E-state index contributed by atoms with van der Waals surface area (Å²) in [5.74, 6) is 3.54. The average Bonchev–Trinajstić information content (AvgIpc) is 3.61. The molecular formula is C25H29N5O3S. The van der Waals surface area contributed by atoms with Crippen LogP contribution in [0.4, 0.5) is 0 Å². The van der Waals surface area contributed by atoms with Crippen molar-refractivity contribution in [2.24, 2.45) is 4.99 Å². The Morgan fingerprint density at radius 2 is 2.06 bits per heavy atom. The molecule has 0 amide bonds. The lowest BCUT2D eigenvalue weighted by Gasteiger charge is -2.33. The quantitative estimate of drug-likeness (QED) is 0.653. The molecule has 3 saturated heterocycles. The Morgan fingerprint density at radius 1 is 1.21 bits per heavy atom. The number of rotatable bonds is 4. The molecule has 1 unspecified atom stereocenters. The van der Waals surface area contributed by atoms with E-state index in [9.17, 15) is 4.21 Å². The fourth-order valence-electron chi connectivity index (χ4n) is 5.10. The second-order valence-corrected chi connectivity index (χ2v) is 10.7. The molecule has 6 heterocycles. The van der Waals surface area contributed by atoms with E-state index in [-0.39, 0.29) is 0 Å². The predicted octanol–water partition coefficient (Wildman–Crippen LogP) is 3.43. The Kier molecular flexibility index (Phi) is 5.99. The van der Waals surface area contributed by atoms with Crippen molar-refractivity contribution in [3.8, 4) is 11.5 Å². The molecule has 0 aromatic carbocycles. The fourth-order valence-corrected chi connectivity index (χ4v) is 6.45. The summed E-state index contributed by atoms with van der Waals surface area (Å²) < 4.78 is 23.8. The van der Waals surface area contributed by atoms with E-state index < -0.39 is 10.8 Å². The third-order valence-electron chi connectivity index (χ3n) is 7.05. The second kappa shape index (κ2) is 9.41. The topological polar surface area (TPSA) is 95.8 Å². The lowest BCUT2D eigenvalue weighted by Crippen LogP contribution is -2.38. The molecule has 1 atom stereocenters. The summed E-state index contributed by atoms with van der Waals surface area (Å²) in [6, 6.07) is 6.20. The molecule has 178 valence electrons. The van der Waals surface area contributed by atoms with Gasteiger partial charge in [0.05, 0.1) is 22.0 Å². The Bertz CT molecular complexity index is 1190. The van der Waals surface area contributed by atoms with Gasteiger partial charge in [0.2, 0.25) is 0 Å². The maximum atomic E-state index is 12.8. The van der Waals surface area contributed by atoms with Crippen LogP contribution in [0.15, 0.2) is 62.0 Å². The average molecular weight is 480 g/mol. The van der Waals surface area contributed by atoms with Gasteiger partial charge in [0, 0.05) is 61.4 Å². The largest absolute Gasteiger partial charge is 0.463 e. The van der Waals surface area contributed by atoms with Crippen LogP contribution in [0.25, 0.3) is 11.5 Å². The fraction of sp³-hybridized carbons (Fsp3) is 0.480. The van der Waals surface area contributed by atoms with Crippen molar-refractivity contribution in [1.29, 1.82) is 0 Å². The van der Waals surface area contributed by atoms with Gasteiger partial charge in [0.15, 0.2) is 5.76 Å². The monoisotopic (exact) mass is 479 g/mol. The lowest BCUT2D eigenvalue weighted by molar-refractivity contribution is 0.0803. The van der Waals surface area contributed by atoms with Gasteiger partial charge in [-0.05, 0) is 50.3 Å². The first-order valence-corrected chi connectivity index (χ1v) is 13.4. The highest BCUT2D eigenvalue weighted by molar-refractivity contribution is 7.89. The Morgan fingerprint density at radius 3 is 2.85 bits per heavy atom. The second-order valence-electron chi connectivity index (χ2n) is 9.19. The minimum Gasteiger partial charge on any atom is -0.463 e. The van der Waals surface area contributed by atoms with Crippen LogP contribution in [-0.2, 0) is 15.5 Å². The molecular weight excluding hydrogens is 450 g/mol. The molecule has 0 spiro atoms. The summed E-state index contributed by atoms with van der Waals surface area (Å²) in [5.41, 5.74) is 6.46. The highest BCUT2D eigenvalue weighted by atomic mass is 32.2. The van der Waals surface area contributed by atoms with Crippen LogP contribution < -0.4 is 5.32 Å². The zero-order chi connectivity index (χ0) is 22.9. The van der Waals surface area contributed by atoms with Crippen molar-refractivity contribution in [2.45, 2.75) is 44.1 Å². The smallest absolute Gasteiger partial charge is 0.154 e. The molecule has 6 rings (SSSR count). The molecule has 4 aliphatic heterocycles. The molecule has 9 heteroatoms. The van der Waals surface area contributed by atoms with E-state index in [1.165, 1.54) is 0 Å². The predicted molar refractivity (Wildman–Crippen MR) is 130 cm³/mol. The normalized spacial score (nSPS) is 24.1. The Balaban J connectivity index is 1.19. The van der Waals surface area contributed by atoms with E-state index in [0.717, 1.165) is 97.7 Å². The number of likely N-dealkylation sites (tertiary alicyclic amines) is 1. The number of aliphatic imine (C=N–C) groups is 1. The molecule has 4 aliphatic rings. The number of furan rings is 1. The van der Waals surface area contributed by atoms with Crippen LogP contribution in [0.3, 0.4) is 0 Å². The van der Waals surface area contributed by atoms with E-state index in [0.29, 0.717) is 17.7 Å². The number of piperidine rings is 1. The number of hydrogen-bond acceptors (Lipinski definition) is 7. The van der Waals surface area contributed by atoms with Gasteiger partial charge in [-0.1, -0.05) is 0 Å². The maximum Gasteiger partial charge on any atom is 0.154 e. The van der Waals surface area contributed by atoms with E-state index >= 15 is 0 Å². The van der Waals surface area contributed by atoms with Crippen LogP contribution in [0, 0.1) is 0 Å². The molecule has 0 saturated carbocycles. The third-order valence-corrected chi connectivity index (χ3v) is 8.52. The highest BCUT2D eigenvalue weighted by Crippen LogP contribution is 2.33. The number of H-pyrrole nitrogens is 1. The molecule has 2 aromatic rings. The van der Waals surface area contributed by atoms with Crippen LogP contribution in [0.1, 0.15) is 43.7 Å². The van der Waals surface area contributed by atoms with E-state index in [1.807, 2.05) is 18.2 Å². The number of nitrogens with zero attached hydrogens (tertiary/aromatic N) is 3. The number of aromatic amines is 1. The van der Waals surface area contributed by atoms with Crippen molar-refractivity contribution in [3.63, 3.8) is 0 Å². The minimum atomic E-state index is -1.02. The number of hydrogen-bond donors (Lipinski definition) is 2. The zero-order valence-corrected chi connectivity index (χ0v) is 19.9. The zero-order valence-electron chi connectivity index (χ0n) is 19.1. The van der Waals surface area contributed by atoms with Crippen molar-refractivity contribution >= 4 is 16.6 Å². The number of fused-ring (bicyclic) bond motifs is 1. The number of ether oxygens (including phenoxy) is 1. The van der Waals surface area contributed by atoms with E-state index in [1.54, 1.807) is 6.26 Å². The van der Waals surface area contributed by atoms with Crippen molar-refractivity contribution < 1.29 is 13.4 Å². The van der Waals surface area contributed by atoms with Crippen molar-refractivity contribution in [3.05, 3.63) is 58.3 Å². The molecule has 0 bridgehead atoms. The molecule has 0 radical (unpaired) electrons. The van der Waals surface area contributed by atoms with Crippen molar-refractivity contribution in [2.75, 3.05) is 32.1 Å². The number of nitrogens with one attached hydrogen (secondary N) is 2. The first kappa shape index (κ1) is 21.6. The van der Waals surface area contributed by atoms with Gasteiger partial charge in [-0.15, -0.1) is 5.73 Å². The van der Waals surface area contributed by atoms with Crippen LogP contribution in [0.5, 0.6) is 0 Å². The minimum absolute atomic E-state index is 0.299.